The molecule has 0 heterocycles. The molecule has 4 nitrogen and oxygen atoms in total. The van der Waals surface area contributed by atoms with E-state index in [-0.39, 0.29) is 0 Å². The Bertz CT molecular complexity index is 375. The molecule has 1 rings (SSSR count). The van der Waals surface area contributed by atoms with E-state index in [2.05, 4.69) is 5.32 Å². The lowest BCUT2D eigenvalue weighted by molar-refractivity contribution is 0.108. The van der Waals surface area contributed by atoms with Crippen molar-refractivity contribution in [2.75, 3.05) is 11.9 Å². The molecule has 0 saturated carbocycles. The minimum Gasteiger partial charge on any atom is -0.449 e. The van der Waals surface area contributed by atoms with Crippen molar-refractivity contribution in [1.82, 2.24) is 0 Å². The summed E-state index contributed by atoms with van der Waals surface area (Å²) in [5.41, 5.74) is 0.942. The topological polar surface area (TPSA) is 55.4 Å². The van der Waals surface area contributed by atoms with Gasteiger partial charge in [0.25, 0.3) is 5.24 Å². The summed E-state index contributed by atoms with van der Waals surface area (Å²) in [6, 6.07) is 6.24. The number of hydrogen-bond donors (Lipinski definition) is 1. The van der Waals surface area contributed by atoms with Gasteiger partial charge in [0.1, 0.15) is 0 Å². The van der Waals surface area contributed by atoms with E-state index in [1.165, 1.54) is 12.1 Å². The third-order valence-corrected chi connectivity index (χ3v) is 2.01. The molecule has 5 heteroatoms. The molecule has 0 fully saturated rings. The van der Waals surface area contributed by atoms with E-state index >= 15 is 0 Å². The van der Waals surface area contributed by atoms with Gasteiger partial charge in [-0.15, -0.1) is 0 Å². The maximum Gasteiger partial charge on any atom is 0.411 e. The van der Waals surface area contributed by atoms with Crippen molar-refractivity contribution in [3.8, 4) is 0 Å². The highest BCUT2D eigenvalue weighted by atomic mass is 35.5. The molecule has 0 bridgehead atoms. The van der Waals surface area contributed by atoms with Crippen molar-refractivity contribution in [2.45, 2.75) is 13.3 Å². The van der Waals surface area contributed by atoms with E-state index in [1.54, 1.807) is 12.1 Å². The smallest absolute Gasteiger partial charge is 0.411 e. The third kappa shape index (κ3) is 3.90. The molecule has 1 N–H and O–H groups in total. The number of ether oxygens (including phenoxy) is 1. The van der Waals surface area contributed by atoms with Crippen LogP contribution in [0.2, 0.25) is 0 Å². The minimum absolute atomic E-state index is 0.379. The fraction of sp³-hybridized carbons (Fsp3) is 0.273. The van der Waals surface area contributed by atoms with Crippen LogP contribution in [0.15, 0.2) is 24.3 Å². The van der Waals surface area contributed by atoms with E-state index in [0.29, 0.717) is 17.9 Å². The maximum atomic E-state index is 11.2. The van der Waals surface area contributed by atoms with Crippen LogP contribution in [-0.2, 0) is 4.74 Å². The number of anilines is 1. The molecule has 86 valence electrons. The summed E-state index contributed by atoms with van der Waals surface area (Å²) >= 11 is 5.28. The Morgan fingerprint density at radius 3 is 2.44 bits per heavy atom. The summed E-state index contributed by atoms with van der Waals surface area (Å²) in [6.07, 6.45) is 0.263. The number of hydrogen-bond acceptors (Lipinski definition) is 3. The zero-order valence-electron chi connectivity index (χ0n) is 8.83. The van der Waals surface area contributed by atoms with Gasteiger partial charge in [0, 0.05) is 11.3 Å². The minimum atomic E-state index is -0.528. The second-order valence-electron chi connectivity index (χ2n) is 3.11. The molecular weight excluding hydrogens is 230 g/mol. The first-order valence-electron chi connectivity index (χ1n) is 4.87. The zero-order valence-corrected chi connectivity index (χ0v) is 9.58. The molecular formula is C11H12ClNO3. The van der Waals surface area contributed by atoms with Gasteiger partial charge in [0.05, 0.1) is 6.61 Å². The number of nitrogens with one attached hydrogen (secondary N) is 1. The predicted octanol–water partition coefficient (Wildman–Crippen LogP) is 3.02. The average molecular weight is 242 g/mol. The molecule has 0 aliphatic heterocycles. The van der Waals surface area contributed by atoms with E-state index in [0.717, 1.165) is 6.42 Å². The van der Waals surface area contributed by atoms with Crippen molar-refractivity contribution in [3.05, 3.63) is 29.8 Å². The van der Waals surface area contributed by atoms with Crippen molar-refractivity contribution in [1.29, 1.82) is 0 Å². The zero-order chi connectivity index (χ0) is 12.0. The molecule has 0 radical (unpaired) electrons. The normalized spacial score (nSPS) is 9.62. The Balaban J connectivity index is 2.55. The molecule has 16 heavy (non-hydrogen) atoms. The molecule has 0 unspecified atom stereocenters. The monoisotopic (exact) mass is 241 g/mol. The molecule has 1 aromatic rings. The molecule has 0 saturated heterocycles. The highest BCUT2D eigenvalue weighted by Gasteiger charge is 2.04. The standard InChI is InChI=1S/C11H12ClNO3/c1-2-7-16-11(15)13-9-5-3-8(4-6-9)10(12)14/h3-6H,2,7H2,1H3,(H,13,15). The van der Waals surface area contributed by atoms with Crippen LogP contribution >= 0.6 is 11.6 Å². The average Bonchev–Trinajstić information content (AvgIpc) is 2.27. The third-order valence-electron chi connectivity index (χ3n) is 1.80. The number of amides is 1. The second-order valence-corrected chi connectivity index (χ2v) is 3.46. The van der Waals surface area contributed by atoms with Crippen LogP contribution in [0.25, 0.3) is 0 Å². The first kappa shape index (κ1) is 12.5. The highest BCUT2D eigenvalue weighted by molar-refractivity contribution is 6.67. The van der Waals surface area contributed by atoms with Crippen LogP contribution in [0, 0.1) is 0 Å². The molecule has 0 atom stereocenters. The Labute approximate surface area is 98.5 Å². The molecule has 1 aromatic carbocycles. The van der Waals surface area contributed by atoms with Crippen LogP contribution < -0.4 is 5.32 Å². The quantitative estimate of drug-likeness (QED) is 0.825. The van der Waals surface area contributed by atoms with Crippen molar-refractivity contribution in [3.63, 3.8) is 0 Å². The van der Waals surface area contributed by atoms with Crippen LogP contribution in [0.1, 0.15) is 23.7 Å². The molecule has 0 aromatic heterocycles. The van der Waals surface area contributed by atoms with Gasteiger partial charge < -0.3 is 4.74 Å². The Morgan fingerprint density at radius 1 is 1.31 bits per heavy atom. The molecule has 0 aliphatic carbocycles. The van der Waals surface area contributed by atoms with E-state index < -0.39 is 11.3 Å². The van der Waals surface area contributed by atoms with E-state index in [4.69, 9.17) is 16.3 Å². The van der Waals surface area contributed by atoms with Crippen molar-refractivity contribution >= 4 is 28.6 Å². The van der Waals surface area contributed by atoms with Gasteiger partial charge in [-0.2, -0.15) is 0 Å². The van der Waals surface area contributed by atoms with Gasteiger partial charge in [-0.25, -0.2) is 4.79 Å². The number of carbonyl (C=O) groups is 2. The van der Waals surface area contributed by atoms with Crippen molar-refractivity contribution < 1.29 is 14.3 Å². The predicted molar refractivity (Wildman–Crippen MR) is 61.9 cm³/mol. The lowest BCUT2D eigenvalue weighted by atomic mass is 10.2. The summed E-state index contributed by atoms with van der Waals surface area (Å²) in [6.45, 7) is 2.29. The molecule has 0 spiro atoms. The second kappa shape index (κ2) is 6.12. The van der Waals surface area contributed by atoms with Gasteiger partial charge in [-0.1, -0.05) is 6.92 Å². The largest absolute Gasteiger partial charge is 0.449 e. The van der Waals surface area contributed by atoms with Gasteiger partial charge in [0.2, 0.25) is 0 Å². The first-order chi connectivity index (χ1) is 7.63. The highest BCUT2D eigenvalue weighted by Crippen LogP contribution is 2.11. The van der Waals surface area contributed by atoms with E-state index in [9.17, 15) is 9.59 Å². The maximum absolute atomic E-state index is 11.2. The van der Waals surface area contributed by atoms with Crippen molar-refractivity contribution in [2.24, 2.45) is 0 Å². The van der Waals surface area contributed by atoms with Crippen LogP contribution in [-0.4, -0.2) is 17.9 Å². The summed E-state index contributed by atoms with van der Waals surface area (Å²) in [5, 5.41) is 2.00. The number of rotatable bonds is 4. The van der Waals surface area contributed by atoms with Crippen LogP contribution in [0.5, 0.6) is 0 Å². The number of carbonyl (C=O) groups excluding carboxylic acids is 2. The van der Waals surface area contributed by atoms with E-state index in [1.807, 2.05) is 6.92 Å². The van der Waals surface area contributed by atoms with Gasteiger partial charge in [-0.3, -0.25) is 10.1 Å². The number of halogens is 1. The summed E-state index contributed by atoms with van der Waals surface area (Å²) in [5.74, 6) is 0. The fourth-order valence-corrected chi connectivity index (χ4v) is 1.16. The van der Waals surface area contributed by atoms with Crippen LogP contribution in [0.4, 0.5) is 10.5 Å². The van der Waals surface area contributed by atoms with Gasteiger partial charge in [0.15, 0.2) is 0 Å². The summed E-state index contributed by atoms with van der Waals surface area (Å²) in [7, 11) is 0. The summed E-state index contributed by atoms with van der Waals surface area (Å²) < 4.78 is 4.83. The Morgan fingerprint density at radius 2 is 1.94 bits per heavy atom. The lowest BCUT2D eigenvalue weighted by Crippen LogP contribution is -2.14. The van der Waals surface area contributed by atoms with Gasteiger partial charge >= 0.3 is 6.09 Å². The lowest BCUT2D eigenvalue weighted by Gasteiger charge is -2.05. The first-order valence-corrected chi connectivity index (χ1v) is 5.25. The van der Waals surface area contributed by atoms with Gasteiger partial charge in [-0.05, 0) is 42.3 Å². The Hall–Kier alpha value is -1.55. The summed E-state index contributed by atoms with van der Waals surface area (Å²) in [4.78, 5) is 21.9. The Kier molecular flexibility index (Phi) is 4.79. The SMILES string of the molecule is CCCOC(=O)Nc1ccc(C(=O)Cl)cc1. The molecule has 0 aliphatic rings. The molecule has 1 amide bonds. The fourth-order valence-electron chi connectivity index (χ4n) is 1.03. The number of benzene rings is 1. The van der Waals surface area contributed by atoms with Crippen LogP contribution in [0.3, 0.4) is 0 Å².